The minimum Gasteiger partial charge on any atom is -0.103 e. The van der Waals surface area contributed by atoms with Crippen molar-refractivity contribution >= 4 is 10.8 Å². The predicted molar refractivity (Wildman–Crippen MR) is 57.8 cm³/mol. The summed E-state index contributed by atoms with van der Waals surface area (Å²) in [6, 6.07) is 14.9. The second kappa shape index (κ2) is 3.44. The van der Waals surface area contributed by atoms with Crippen LogP contribution in [0.1, 0.15) is 5.56 Å². The van der Waals surface area contributed by atoms with Crippen molar-refractivity contribution in [3.63, 3.8) is 0 Å². The van der Waals surface area contributed by atoms with E-state index in [0.717, 1.165) is 6.42 Å². The van der Waals surface area contributed by atoms with E-state index < -0.39 is 0 Å². The SMILES string of the molecule is C=CCc1ccc2ccccc2c1. The monoisotopic (exact) mass is 168 g/mol. The Balaban J connectivity index is 2.55. The molecule has 0 fully saturated rings. The van der Waals surface area contributed by atoms with Crippen LogP contribution in [0.4, 0.5) is 0 Å². The summed E-state index contributed by atoms with van der Waals surface area (Å²) in [5.74, 6) is 0. The third-order valence-electron chi connectivity index (χ3n) is 2.19. The number of hydrogen-bond donors (Lipinski definition) is 0. The van der Waals surface area contributed by atoms with Gasteiger partial charge in [-0.2, -0.15) is 0 Å². The standard InChI is InChI=1S/C13H12/c1-2-5-11-8-9-12-6-3-4-7-13(12)10-11/h2-4,6-10H,1,5H2. The molecule has 0 radical (unpaired) electrons. The normalized spacial score (nSPS) is 10.2. The topological polar surface area (TPSA) is 0 Å². The minimum absolute atomic E-state index is 0.949. The smallest absolute Gasteiger partial charge is 0.00999 e. The van der Waals surface area contributed by atoms with Crippen molar-refractivity contribution in [3.8, 4) is 0 Å². The lowest BCUT2D eigenvalue weighted by Crippen LogP contribution is -1.80. The molecule has 0 aliphatic carbocycles. The minimum atomic E-state index is 0.949. The molecule has 0 heteroatoms. The summed E-state index contributed by atoms with van der Waals surface area (Å²) in [4.78, 5) is 0. The molecule has 0 atom stereocenters. The Bertz CT molecular complexity index is 427. The van der Waals surface area contributed by atoms with Gasteiger partial charge >= 0.3 is 0 Å². The van der Waals surface area contributed by atoms with Gasteiger partial charge in [-0.15, -0.1) is 6.58 Å². The van der Waals surface area contributed by atoms with Gasteiger partial charge in [0.25, 0.3) is 0 Å². The Labute approximate surface area is 78.5 Å². The van der Waals surface area contributed by atoms with Crippen LogP contribution in [0.5, 0.6) is 0 Å². The van der Waals surface area contributed by atoms with E-state index in [9.17, 15) is 0 Å². The Morgan fingerprint density at radius 2 is 1.77 bits per heavy atom. The number of allylic oxidation sites excluding steroid dienone is 1. The molecule has 0 aliphatic heterocycles. The molecule has 0 aliphatic rings. The van der Waals surface area contributed by atoms with Crippen molar-refractivity contribution < 1.29 is 0 Å². The Hall–Kier alpha value is -1.56. The highest BCUT2D eigenvalue weighted by molar-refractivity contribution is 5.83. The summed E-state index contributed by atoms with van der Waals surface area (Å²) >= 11 is 0. The van der Waals surface area contributed by atoms with Crippen LogP contribution in [0.2, 0.25) is 0 Å². The molecule has 13 heavy (non-hydrogen) atoms. The summed E-state index contributed by atoms with van der Waals surface area (Å²) in [6.45, 7) is 3.74. The first-order valence-corrected chi connectivity index (χ1v) is 4.49. The van der Waals surface area contributed by atoms with Crippen LogP contribution in [-0.4, -0.2) is 0 Å². The molecule has 0 aromatic heterocycles. The van der Waals surface area contributed by atoms with Crippen molar-refractivity contribution in [3.05, 3.63) is 60.7 Å². The van der Waals surface area contributed by atoms with Crippen LogP contribution in [0.25, 0.3) is 10.8 Å². The number of benzene rings is 2. The maximum atomic E-state index is 3.74. The van der Waals surface area contributed by atoms with Crippen molar-refractivity contribution in [2.45, 2.75) is 6.42 Å². The van der Waals surface area contributed by atoms with Gasteiger partial charge in [0, 0.05) is 0 Å². The van der Waals surface area contributed by atoms with E-state index in [1.54, 1.807) is 0 Å². The number of fused-ring (bicyclic) bond motifs is 1. The molecule has 64 valence electrons. The van der Waals surface area contributed by atoms with E-state index in [4.69, 9.17) is 0 Å². The van der Waals surface area contributed by atoms with Gasteiger partial charge in [0.1, 0.15) is 0 Å². The van der Waals surface area contributed by atoms with Crippen LogP contribution < -0.4 is 0 Å². The van der Waals surface area contributed by atoms with Crippen LogP contribution >= 0.6 is 0 Å². The summed E-state index contributed by atoms with van der Waals surface area (Å²) in [6.07, 6.45) is 2.88. The molecular weight excluding hydrogens is 156 g/mol. The molecule has 2 aromatic carbocycles. The van der Waals surface area contributed by atoms with Gasteiger partial charge in [-0.1, -0.05) is 48.5 Å². The van der Waals surface area contributed by atoms with E-state index in [1.807, 2.05) is 6.08 Å². The fourth-order valence-corrected chi connectivity index (χ4v) is 1.53. The lowest BCUT2D eigenvalue weighted by molar-refractivity contribution is 1.29. The lowest BCUT2D eigenvalue weighted by atomic mass is 10.1. The van der Waals surface area contributed by atoms with E-state index in [1.165, 1.54) is 16.3 Å². The molecule has 0 bridgehead atoms. The highest BCUT2D eigenvalue weighted by Gasteiger charge is 1.93. The van der Waals surface area contributed by atoms with Crippen LogP contribution in [0, 0.1) is 0 Å². The zero-order valence-corrected chi connectivity index (χ0v) is 7.53. The average molecular weight is 168 g/mol. The average Bonchev–Trinajstić information content (AvgIpc) is 2.18. The number of rotatable bonds is 2. The molecule has 0 N–H and O–H groups in total. The summed E-state index contributed by atoms with van der Waals surface area (Å²) < 4.78 is 0. The van der Waals surface area contributed by atoms with E-state index in [-0.39, 0.29) is 0 Å². The Kier molecular flexibility index (Phi) is 2.13. The molecular formula is C13H12. The zero-order chi connectivity index (χ0) is 9.10. The molecule has 0 saturated carbocycles. The largest absolute Gasteiger partial charge is 0.103 e. The lowest BCUT2D eigenvalue weighted by Gasteiger charge is -2.00. The third kappa shape index (κ3) is 1.62. The molecule has 0 nitrogen and oxygen atoms in total. The van der Waals surface area contributed by atoms with Gasteiger partial charge in [-0.25, -0.2) is 0 Å². The first-order valence-electron chi connectivity index (χ1n) is 4.49. The fraction of sp³-hybridized carbons (Fsp3) is 0.0769. The molecule has 0 saturated heterocycles. The van der Waals surface area contributed by atoms with Gasteiger partial charge in [-0.05, 0) is 22.8 Å². The Morgan fingerprint density at radius 3 is 2.54 bits per heavy atom. The zero-order valence-electron chi connectivity index (χ0n) is 7.53. The van der Waals surface area contributed by atoms with Crippen molar-refractivity contribution in [2.75, 3.05) is 0 Å². The fourth-order valence-electron chi connectivity index (χ4n) is 1.53. The molecule has 0 amide bonds. The Morgan fingerprint density at radius 1 is 1.00 bits per heavy atom. The van der Waals surface area contributed by atoms with Gasteiger partial charge in [0.05, 0.1) is 0 Å². The van der Waals surface area contributed by atoms with Crippen LogP contribution in [0.15, 0.2) is 55.1 Å². The first kappa shape index (κ1) is 8.06. The number of hydrogen-bond acceptors (Lipinski definition) is 0. The highest BCUT2D eigenvalue weighted by atomic mass is 14.0. The van der Waals surface area contributed by atoms with Gasteiger partial charge in [0.2, 0.25) is 0 Å². The summed E-state index contributed by atoms with van der Waals surface area (Å²) in [5.41, 5.74) is 1.33. The second-order valence-corrected chi connectivity index (χ2v) is 3.17. The van der Waals surface area contributed by atoms with E-state index in [2.05, 4.69) is 49.0 Å². The molecule has 0 heterocycles. The van der Waals surface area contributed by atoms with Crippen molar-refractivity contribution in [2.24, 2.45) is 0 Å². The second-order valence-electron chi connectivity index (χ2n) is 3.17. The van der Waals surface area contributed by atoms with Gasteiger partial charge < -0.3 is 0 Å². The van der Waals surface area contributed by atoms with E-state index >= 15 is 0 Å². The highest BCUT2D eigenvalue weighted by Crippen LogP contribution is 2.15. The van der Waals surface area contributed by atoms with Gasteiger partial charge in [0.15, 0.2) is 0 Å². The third-order valence-corrected chi connectivity index (χ3v) is 2.19. The van der Waals surface area contributed by atoms with Crippen LogP contribution in [0.3, 0.4) is 0 Å². The maximum Gasteiger partial charge on any atom is -0.00999 e. The molecule has 2 aromatic rings. The summed E-state index contributed by atoms with van der Waals surface area (Å²) in [7, 11) is 0. The van der Waals surface area contributed by atoms with Gasteiger partial charge in [-0.3, -0.25) is 0 Å². The predicted octanol–water partition coefficient (Wildman–Crippen LogP) is 3.57. The van der Waals surface area contributed by atoms with Crippen molar-refractivity contribution in [1.29, 1.82) is 0 Å². The van der Waals surface area contributed by atoms with E-state index in [0.29, 0.717) is 0 Å². The molecule has 0 spiro atoms. The first-order chi connectivity index (χ1) is 6.40. The summed E-state index contributed by atoms with van der Waals surface area (Å²) in [5, 5.41) is 2.61. The quantitative estimate of drug-likeness (QED) is 0.601. The van der Waals surface area contributed by atoms with Crippen molar-refractivity contribution in [1.82, 2.24) is 0 Å². The molecule has 2 rings (SSSR count). The van der Waals surface area contributed by atoms with Crippen LogP contribution in [-0.2, 0) is 6.42 Å². The maximum absolute atomic E-state index is 3.74. The molecule has 0 unspecified atom stereocenters.